The summed E-state index contributed by atoms with van der Waals surface area (Å²) < 4.78 is 5.74. The number of hydrogen-bond donors (Lipinski definition) is 1. The first-order valence-electron chi connectivity index (χ1n) is 5.96. The van der Waals surface area contributed by atoms with Crippen molar-refractivity contribution in [3.05, 3.63) is 47.0 Å². The third-order valence-electron chi connectivity index (χ3n) is 2.82. The number of hydrogen-bond acceptors (Lipinski definition) is 4. The molecule has 0 aliphatic carbocycles. The van der Waals surface area contributed by atoms with Crippen LogP contribution < -0.4 is 15.4 Å². The van der Waals surface area contributed by atoms with Crippen LogP contribution >= 0.6 is 11.6 Å². The molecule has 0 bridgehead atoms. The zero-order chi connectivity index (χ0) is 14.7. The molecular weight excluding hydrogens is 274 g/mol. The Bertz CT molecular complexity index is 677. The first-order chi connectivity index (χ1) is 9.52. The van der Waals surface area contributed by atoms with Gasteiger partial charge in [-0.15, -0.1) is 0 Å². The second-order valence-electron chi connectivity index (χ2n) is 4.44. The summed E-state index contributed by atoms with van der Waals surface area (Å²) in [6, 6.07) is 12.6. The average molecular weight is 288 g/mol. The molecule has 0 aliphatic heterocycles. The summed E-state index contributed by atoms with van der Waals surface area (Å²) >= 11 is 5.98. The maximum Gasteiger partial charge on any atom is 0.152 e. The molecule has 0 fully saturated rings. The van der Waals surface area contributed by atoms with Crippen molar-refractivity contribution in [1.82, 2.24) is 0 Å². The summed E-state index contributed by atoms with van der Waals surface area (Å²) in [4.78, 5) is 1.94. The topological polar surface area (TPSA) is 62.3 Å². The molecule has 0 saturated heterocycles. The van der Waals surface area contributed by atoms with Crippen molar-refractivity contribution >= 4 is 23.0 Å². The normalized spacial score (nSPS) is 9.90. The Hall–Kier alpha value is -2.38. The van der Waals surface area contributed by atoms with Gasteiger partial charge in [-0.05, 0) is 24.3 Å². The summed E-state index contributed by atoms with van der Waals surface area (Å²) in [7, 11) is 3.85. The molecule has 0 aromatic heterocycles. The van der Waals surface area contributed by atoms with Crippen LogP contribution in [0.5, 0.6) is 11.5 Å². The second kappa shape index (κ2) is 5.72. The highest BCUT2D eigenvalue weighted by Gasteiger charge is 2.11. The van der Waals surface area contributed by atoms with E-state index in [0.29, 0.717) is 27.8 Å². The molecule has 5 heteroatoms. The van der Waals surface area contributed by atoms with Crippen LogP contribution in [0.1, 0.15) is 5.56 Å². The minimum atomic E-state index is 0.295. The van der Waals surface area contributed by atoms with Crippen molar-refractivity contribution in [1.29, 1.82) is 5.26 Å². The van der Waals surface area contributed by atoms with Crippen LogP contribution in [0, 0.1) is 11.3 Å². The third-order valence-corrected chi connectivity index (χ3v) is 3.14. The van der Waals surface area contributed by atoms with E-state index in [2.05, 4.69) is 0 Å². The Morgan fingerprint density at radius 2 is 1.95 bits per heavy atom. The number of ether oxygens (including phenoxy) is 1. The molecule has 102 valence electrons. The Labute approximate surface area is 122 Å². The lowest BCUT2D eigenvalue weighted by Crippen LogP contribution is -2.08. The number of anilines is 2. The van der Waals surface area contributed by atoms with Crippen molar-refractivity contribution in [2.45, 2.75) is 0 Å². The largest absolute Gasteiger partial charge is 0.454 e. The number of nitrogens with two attached hydrogens (primary N) is 1. The van der Waals surface area contributed by atoms with Gasteiger partial charge in [0.25, 0.3) is 0 Å². The Kier molecular flexibility index (Phi) is 4.02. The van der Waals surface area contributed by atoms with Gasteiger partial charge in [-0.2, -0.15) is 5.26 Å². The number of benzene rings is 2. The summed E-state index contributed by atoms with van der Waals surface area (Å²) in [5, 5.41) is 9.49. The standard InChI is InChI=1S/C15H14ClN3O/c1-19(2)10-6-7-13(18)15(8-10)20-14-5-3-4-12(16)11(14)9-17/h3-8H,18H2,1-2H3. The highest BCUT2D eigenvalue weighted by Crippen LogP contribution is 2.34. The van der Waals surface area contributed by atoms with E-state index in [4.69, 9.17) is 27.3 Å². The molecular formula is C15H14ClN3O. The molecule has 0 spiro atoms. The fourth-order valence-corrected chi connectivity index (χ4v) is 1.91. The molecule has 2 rings (SSSR count). The molecule has 0 atom stereocenters. The van der Waals surface area contributed by atoms with Crippen LogP contribution in [-0.2, 0) is 0 Å². The highest BCUT2D eigenvalue weighted by molar-refractivity contribution is 6.31. The lowest BCUT2D eigenvalue weighted by Gasteiger charge is -2.16. The molecule has 4 nitrogen and oxygen atoms in total. The van der Waals surface area contributed by atoms with Crippen LogP contribution in [-0.4, -0.2) is 14.1 Å². The maximum atomic E-state index is 9.14. The van der Waals surface area contributed by atoms with Gasteiger partial charge in [-0.25, -0.2) is 0 Å². The highest BCUT2D eigenvalue weighted by atomic mass is 35.5. The van der Waals surface area contributed by atoms with Crippen molar-refractivity contribution < 1.29 is 4.74 Å². The molecule has 0 amide bonds. The van der Waals surface area contributed by atoms with Crippen LogP contribution in [0.25, 0.3) is 0 Å². The van der Waals surface area contributed by atoms with Crippen LogP contribution in [0.3, 0.4) is 0 Å². The Balaban J connectivity index is 2.43. The lowest BCUT2D eigenvalue weighted by atomic mass is 10.2. The van der Waals surface area contributed by atoms with E-state index in [-0.39, 0.29) is 0 Å². The monoisotopic (exact) mass is 287 g/mol. The predicted octanol–water partition coefficient (Wildman–Crippen LogP) is 3.65. The van der Waals surface area contributed by atoms with Gasteiger partial charge >= 0.3 is 0 Å². The summed E-state index contributed by atoms with van der Waals surface area (Å²) in [5.74, 6) is 0.887. The SMILES string of the molecule is CN(C)c1ccc(N)c(Oc2cccc(Cl)c2C#N)c1. The first kappa shape index (κ1) is 14.0. The van der Waals surface area contributed by atoms with Crippen molar-refractivity contribution in [2.75, 3.05) is 24.7 Å². The van der Waals surface area contributed by atoms with Gasteiger partial charge in [-0.3, -0.25) is 0 Å². The molecule has 2 aromatic rings. The van der Waals surface area contributed by atoms with Crippen LogP contribution in [0.15, 0.2) is 36.4 Å². The van der Waals surface area contributed by atoms with Gasteiger partial charge in [0.1, 0.15) is 17.4 Å². The predicted molar refractivity (Wildman–Crippen MR) is 81.4 cm³/mol. The first-order valence-corrected chi connectivity index (χ1v) is 6.34. The minimum absolute atomic E-state index is 0.295. The van der Waals surface area contributed by atoms with Gasteiger partial charge in [0.15, 0.2) is 5.75 Å². The van der Waals surface area contributed by atoms with Crippen molar-refractivity contribution in [3.63, 3.8) is 0 Å². The van der Waals surface area contributed by atoms with E-state index in [1.54, 1.807) is 24.3 Å². The van der Waals surface area contributed by atoms with E-state index >= 15 is 0 Å². The number of rotatable bonds is 3. The Morgan fingerprint density at radius 3 is 2.60 bits per heavy atom. The number of nitrogens with zero attached hydrogens (tertiary/aromatic N) is 2. The number of halogens is 1. The zero-order valence-electron chi connectivity index (χ0n) is 11.2. The van der Waals surface area contributed by atoms with Gasteiger partial charge in [0.2, 0.25) is 0 Å². The fourth-order valence-electron chi connectivity index (χ4n) is 1.71. The molecule has 0 aliphatic rings. The van der Waals surface area contributed by atoms with Crippen molar-refractivity contribution in [2.24, 2.45) is 0 Å². The molecule has 20 heavy (non-hydrogen) atoms. The smallest absolute Gasteiger partial charge is 0.152 e. The van der Waals surface area contributed by atoms with E-state index in [0.717, 1.165) is 5.69 Å². The summed E-state index contributed by atoms with van der Waals surface area (Å²) in [6.45, 7) is 0. The van der Waals surface area contributed by atoms with Gasteiger partial charge in [-0.1, -0.05) is 17.7 Å². The molecule has 0 heterocycles. The van der Waals surface area contributed by atoms with Gasteiger partial charge in [0.05, 0.1) is 10.7 Å². The molecule has 0 radical (unpaired) electrons. The number of nitrogen functional groups attached to an aromatic ring is 1. The second-order valence-corrected chi connectivity index (χ2v) is 4.85. The fraction of sp³-hybridized carbons (Fsp3) is 0.133. The van der Waals surface area contributed by atoms with Crippen LogP contribution in [0.4, 0.5) is 11.4 Å². The van der Waals surface area contributed by atoms with Crippen molar-refractivity contribution in [3.8, 4) is 17.6 Å². The average Bonchev–Trinajstić information content (AvgIpc) is 2.41. The quantitative estimate of drug-likeness (QED) is 0.875. The molecule has 0 unspecified atom stereocenters. The third kappa shape index (κ3) is 2.79. The van der Waals surface area contributed by atoms with Crippen LogP contribution in [0.2, 0.25) is 5.02 Å². The summed E-state index contributed by atoms with van der Waals surface area (Å²) in [6.07, 6.45) is 0. The number of nitriles is 1. The molecule has 2 aromatic carbocycles. The molecule has 2 N–H and O–H groups in total. The summed E-state index contributed by atoms with van der Waals surface area (Å²) in [5.41, 5.74) is 7.66. The van der Waals surface area contributed by atoms with E-state index < -0.39 is 0 Å². The molecule has 0 saturated carbocycles. The minimum Gasteiger partial charge on any atom is -0.454 e. The lowest BCUT2D eigenvalue weighted by molar-refractivity contribution is 0.483. The van der Waals surface area contributed by atoms with E-state index in [9.17, 15) is 0 Å². The van der Waals surface area contributed by atoms with Gasteiger partial charge in [0, 0.05) is 25.8 Å². The van der Waals surface area contributed by atoms with Gasteiger partial charge < -0.3 is 15.4 Å². The zero-order valence-corrected chi connectivity index (χ0v) is 12.0. The maximum absolute atomic E-state index is 9.14. The Morgan fingerprint density at radius 1 is 1.20 bits per heavy atom. The van der Waals surface area contributed by atoms with E-state index in [1.165, 1.54) is 0 Å². The van der Waals surface area contributed by atoms with E-state index in [1.807, 2.05) is 37.2 Å².